The highest BCUT2D eigenvalue weighted by atomic mass is 35.5. The summed E-state index contributed by atoms with van der Waals surface area (Å²) in [5.41, 5.74) is 0.611. The molecular formula is C21H18ClN3O3S. The number of aromatic nitrogens is 1. The van der Waals surface area contributed by atoms with Crippen LogP contribution in [0, 0.1) is 16.7 Å². The predicted octanol–water partition coefficient (Wildman–Crippen LogP) is 4.35. The summed E-state index contributed by atoms with van der Waals surface area (Å²) < 4.78 is 1.89. The quantitative estimate of drug-likeness (QED) is 0.485. The first-order chi connectivity index (χ1) is 13.9. The fraction of sp³-hybridized carbons (Fsp3) is 0.238. The van der Waals surface area contributed by atoms with Crippen LogP contribution in [-0.4, -0.2) is 17.0 Å². The molecule has 0 unspecified atom stereocenters. The van der Waals surface area contributed by atoms with Crippen molar-refractivity contribution in [3.63, 3.8) is 0 Å². The van der Waals surface area contributed by atoms with Gasteiger partial charge in [-0.15, -0.1) is 16.2 Å². The molecule has 0 spiro atoms. The molecule has 6 nitrogen and oxygen atoms in total. The van der Waals surface area contributed by atoms with Crippen molar-refractivity contribution in [2.75, 3.05) is 6.54 Å². The lowest BCUT2D eigenvalue weighted by molar-refractivity contribution is 0.0949. The summed E-state index contributed by atoms with van der Waals surface area (Å²) >= 11 is 7.23. The van der Waals surface area contributed by atoms with E-state index in [1.807, 2.05) is 30.5 Å². The first kappa shape index (κ1) is 20.8. The number of benzene rings is 1. The van der Waals surface area contributed by atoms with E-state index in [1.54, 1.807) is 24.4 Å². The molecule has 1 aromatic carbocycles. The van der Waals surface area contributed by atoms with Gasteiger partial charge in [0.15, 0.2) is 0 Å². The molecular weight excluding hydrogens is 410 g/mol. The molecule has 0 saturated heterocycles. The number of hydrogen-bond acceptors (Lipinski definition) is 5. The summed E-state index contributed by atoms with van der Waals surface area (Å²) in [7, 11) is 0. The first-order valence-corrected chi connectivity index (χ1v) is 10.1. The van der Waals surface area contributed by atoms with Crippen LogP contribution in [0.25, 0.3) is 10.2 Å². The van der Waals surface area contributed by atoms with Gasteiger partial charge in [0.2, 0.25) is 5.43 Å². The first-order valence-electron chi connectivity index (χ1n) is 8.90. The number of carbonyl (C=O) groups excluding carboxylic acids is 1. The van der Waals surface area contributed by atoms with Crippen LogP contribution in [0.15, 0.2) is 46.5 Å². The van der Waals surface area contributed by atoms with Crippen molar-refractivity contribution in [2.45, 2.75) is 26.4 Å². The average molecular weight is 428 g/mol. The maximum absolute atomic E-state index is 12.9. The van der Waals surface area contributed by atoms with Crippen molar-refractivity contribution in [1.82, 2.24) is 9.88 Å². The second-order valence-electron chi connectivity index (χ2n) is 6.60. The van der Waals surface area contributed by atoms with Crippen molar-refractivity contribution < 1.29 is 4.79 Å². The van der Waals surface area contributed by atoms with E-state index >= 15 is 0 Å². The number of nitroso groups, excluding NO2 is 1. The van der Waals surface area contributed by atoms with E-state index in [1.165, 1.54) is 11.3 Å². The van der Waals surface area contributed by atoms with E-state index < -0.39 is 5.91 Å². The van der Waals surface area contributed by atoms with E-state index in [0.29, 0.717) is 15.3 Å². The van der Waals surface area contributed by atoms with Crippen molar-refractivity contribution in [3.05, 3.63) is 72.7 Å². The maximum atomic E-state index is 12.9. The van der Waals surface area contributed by atoms with Gasteiger partial charge in [0.25, 0.3) is 5.91 Å². The third-order valence-corrected chi connectivity index (χ3v) is 5.54. The second kappa shape index (κ2) is 9.03. The summed E-state index contributed by atoms with van der Waals surface area (Å²) in [5.74, 6) is 5.04. The van der Waals surface area contributed by atoms with Gasteiger partial charge in [0.1, 0.15) is 16.9 Å². The molecule has 0 aliphatic carbocycles. The molecule has 3 rings (SSSR count). The number of carbonyl (C=O) groups is 1. The van der Waals surface area contributed by atoms with Crippen molar-refractivity contribution >= 4 is 39.1 Å². The van der Waals surface area contributed by atoms with E-state index in [0.717, 1.165) is 10.4 Å². The molecule has 0 atom stereocenters. The number of pyridine rings is 1. The van der Waals surface area contributed by atoms with Gasteiger partial charge in [-0.2, -0.15) is 0 Å². The van der Waals surface area contributed by atoms with Crippen LogP contribution in [0.4, 0.5) is 0 Å². The number of hydrogen-bond donors (Lipinski definition) is 1. The van der Waals surface area contributed by atoms with Gasteiger partial charge in [-0.25, -0.2) is 0 Å². The second-order valence-corrected chi connectivity index (χ2v) is 8.07. The fourth-order valence-corrected chi connectivity index (χ4v) is 4.05. The van der Waals surface area contributed by atoms with Gasteiger partial charge in [-0.1, -0.05) is 40.8 Å². The molecule has 1 amide bonds. The lowest BCUT2D eigenvalue weighted by Gasteiger charge is -2.14. The van der Waals surface area contributed by atoms with Gasteiger partial charge in [-0.05, 0) is 37.6 Å². The molecule has 2 aromatic heterocycles. The molecule has 148 valence electrons. The Bertz CT molecular complexity index is 1180. The minimum absolute atomic E-state index is 0.0389. The van der Waals surface area contributed by atoms with Crippen LogP contribution in [0.2, 0.25) is 5.02 Å². The molecule has 1 N–H and O–H groups in total. The fourth-order valence-electron chi connectivity index (χ4n) is 2.78. The van der Waals surface area contributed by atoms with E-state index in [2.05, 4.69) is 22.3 Å². The molecule has 0 bridgehead atoms. The molecule has 0 saturated carbocycles. The molecule has 2 heterocycles. The summed E-state index contributed by atoms with van der Waals surface area (Å²) in [4.78, 5) is 37.3. The van der Waals surface area contributed by atoms with E-state index in [9.17, 15) is 14.5 Å². The number of rotatable bonds is 5. The lowest BCUT2D eigenvalue weighted by atomic mass is 10.1. The van der Waals surface area contributed by atoms with Crippen LogP contribution in [0.5, 0.6) is 0 Å². The van der Waals surface area contributed by atoms with Crippen molar-refractivity contribution in [1.29, 1.82) is 0 Å². The van der Waals surface area contributed by atoms with Gasteiger partial charge >= 0.3 is 0 Å². The number of fused-ring (bicyclic) bond motifs is 1. The van der Waals surface area contributed by atoms with Gasteiger partial charge < -0.3 is 9.88 Å². The highest BCUT2D eigenvalue weighted by Gasteiger charge is 2.18. The number of nitrogens with one attached hydrogen (secondary N) is 1. The Kier molecular flexibility index (Phi) is 6.47. The maximum Gasteiger partial charge on any atom is 0.257 e. The third-order valence-electron chi connectivity index (χ3n) is 4.23. The van der Waals surface area contributed by atoms with Crippen LogP contribution < -0.4 is 10.7 Å². The smallest absolute Gasteiger partial charge is 0.257 e. The Morgan fingerprint density at radius 3 is 2.69 bits per heavy atom. The SMILES string of the molecule is CC(C)n1cc(C(=O)NCc2ccc(Cl)cc2)c(=O)c2cc(C#CCN=O)sc21. The van der Waals surface area contributed by atoms with E-state index in [-0.39, 0.29) is 30.1 Å². The zero-order chi connectivity index (χ0) is 21.0. The summed E-state index contributed by atoms with van der Waals surface area (Å²) in [6.45, 7) is 4.12. The standard InChI is InChI=1S/C21H18ClN3O3S/c1-13(2)25-12-18(20(27)23-11-14-5-7-15(22)8-6-14)19(26)17-10-16(29-21(17)25)4-3-9-24-28/h5-8,10,12-13H,9,11H2,1-2H3,(H,23,27). The zero-order valence-electron chi connectivity index (χ0n) is 15.9. The lowest BCUT2D eigenvalue weighted by Crippen LogP contribution is -2.29. The van der Waals surface area contributed by atoms with Gasteiger partial charge in [0.05, 0.1) is 10.3 Å². The van der Waals surface area contributed by atoms with Crippen LogP contribution in [-0.2, 0) is 6.54 Å². The Labute approximate surface area is 176 Å². The predicted molar refractivity (Wildman–Crippen MR) is 117 cm³/mol. The highest BCUT2D eigenvalue weighted by Crippen LogP contribution is 2.26. The van der Waals surface area contributed by atoms with Crippen LogP contribution in [0.3, 0.4) is 0 Å². The molecule has 0 aliphatic rings. The van der Waals surface area contributed by atoms with Crippen LogP contribution in [0.1, 0.15) is 40.7 Å². The summed E-state index contributed by atoms with van der Waals surface area (Å²) in [5, 5.41) is 6.55. The van der Waals surface area contributed by atoms with Crippen molar-refractivity contribution in [2.24, 2.45) is 5.18 Å². The largest absolute Gasteiger partial charge is 0.348 e. The average Bonchev–Trinajstić information content (AvgIpc) is 3.12. The molecule has 0 aliphatic heterocycles. The number of halogens is 1. The number of nitrogens with zero attached hydrogens (tertiary/aromatic N) is 2. The van der Waals surface area contributed by atoms with Gasteiger partial charge in [-0.3, -0.25) is 9.59 Å². The van der Waals surface area contributed by atoms with E-state index in [4.69, 9.17) is 11.6 Å². The Hall–Kier alpha value is -2.95. The topological polar surface area (TPSA) is 80.5 Å². The minimum atomic E-state index is -0.440. The van der Waals surface area contributed by atoms with Crippen LogP contribution >= 0.6 is 22.9 Å². The third kappa shape index (κ3) is 4.73. The highest BCUT2D eigenvalue weighted by molar-refractivity contribution is 7.19. The summed E-state index contributed by atoms with van der Waals surface area (Å²) in [6.07, 6.45) is 1.59. The summed E-state index contributed by atoms with van der Waals surface area (Å²) in [6, 6.07) is 8.82. The van der Waals surface area contributed by atoms with Crippen molar-refractivity contribution in [3.8, 4) is 11.8 Å². The zero-order valence-corrected chi connectivity index (χ0v) is 17.4. The molecule has 3 aromatic rings. The molecule has 0 radical (unpaired) electrons. The monoisotopic (exact) mass is 427 g/mol. The number of amides is 1. The molecule has 8 heteroatoms. The normalized spacial score (nSPS) is 10.6. The number of thiophene rings is 1. The Balaban J connectivity index is 1.96. The Morgan fingerprint density at radius 2 is 2.03 bits per heavy atom. The molecule has 0 fully saturated rings. The van der Waals surface area contributed by atoms with Gasteiger partial charge in [0, 0.05) is 23.8 Å². The Morgan fingerprint density at radius 1 is 1.31 bits per heavy atom. The minimum Gasteiger partial charge on any atom is -0.348 e. The molecule has 29 heavy (non-hydrogen) atoms.